The summed E-state index contributed by atoms with van der Waals surface area (Å²) >= 11 is 0. The molecule has 1 unspecified atom stereocenters. The number of carbonyl (C=O) groups is 1. The molecule has 4 N–H and O–H groups in total. The molecule has 1 aromatic heterocycles. The Morgan fingerprint density at radius 2 is 1.74 bits per heavy atom. The molecule has 166 valence electrons. The van der Waals surface area contributed by atoms with E-state index in [9.17, 15) is 18.0 Å². The van der Waals surface area contributed by atoms with Gasteiger partial charge in [-0.3, -0.25) is 9.52 Å². The first-order valence-electron chi connectivity index (χ1n) is 10.5. The van der Waals surface area contributed by atoms with E-state index >= 15 is 0 Å². The largest absolute Gasteiger partial charge is 0.352 e. The lowest BCUT2D eigenvalue weighted by atomic mass is 9.99. The molecule has 2 aromatic carbocycles. The van der Waals surface area contributed by atoms with Crippen LogP contribution in [0, 0.1) is 5.92 Å². The summed E-state index contributed by atoms with van der Waals surface area (Å²) < 4.78 is 27.8. The van der Waals surface area contributed by atoms with Gasteiger partial charge in [0.05, 0.1) is 15.9 Å². The molecule has 31 heavy (non-hydrogen) atoms. The van der Waals surface area contributed by atoms with Crippen LogP contribution in [-0.2, 0) is 10.0 Å². The number of anilines is 1. The number of sulfonamides is 1. The van der Waals surface area contributed by atoms with Gasteiger partial charge in [-0.2, -0.15) is 0 Å². The quantitative estimate of drug-likeness (QED) is 0.381. The summed E-state index contributed by atoms with van der Waals surface area (Å²) in [7, 11) is -3.85. The Labute approximate surface area is 181 Å². The SMILES string of the molecule is CCCCC(CC)CNC(=O)c1ccc(NS(=O)(=O)c2ccc3[nH]c(=O)[nH]c3c2)cc1. The molecule has 0 spiro atoms. The fraction of sp³-hybridized carbons (Fsp3) is 0.364. The molecule has 3 rings (SSSR count). The van der Waals surface area contributed by atoms with Gasteiger partial charge in [-0.25, -0.2) is 13.2 Å². The molecule has 8 nitrogen and oxygen atoms in total. The molecule has 1 heterocycles. The molecule has 0 bridgehead atoms. The van der Waals surface area contributed by atoms with Crippen molar-refractivity contribution in [3.05, 3.63) is 58.5 Å². The highest BCUT2D eigenvalue weighted by Crippen LogP contribution is 2.19. The lowest BCUT2D eigenvalue weighted by Gasteiger charge is -2.15. The molecule has 0 fully saturated rings. The Kier molecular flexibility index (Phi) is 7.17. The molecule has 0 aliphatic rings. The van der Waals surface area contributed by atoms with Crippen molar-refractivity contribution in [2.75, 3.05) is 11.3 Å². The normalized spacial score (nSPS) is 12.6. The Balaban J connectivity index is 1.64. The van der Waals surface area contributed by atoms with Crippen molar-refractivity contribution in [2.24, 2.45) is 5.92 Å². The first kappa shape index (κ1) is 22.6. The zero-order chi connectivity index (χ0) is 22.4. The number of aromatic nitrogens is 2. The number of unbranched alkanes of at least 4 members (excludes halogenated alkanes) is 1. The second kappa shape index (κ2) is 9.82. The first-order valence-corrected chi connectivity index (χ1v) is 11.9. The van der Waals surface area contributed by atoms with E-state index in [0.717, 1.165) is 25.7 Å². The summed E-state index contributed by atoms with van der Waals surface area (Å²) in [6.45, 7) is 4.91. The number of amides is 1. The van der Waals surface area contributed by atoms with E-state index in [2.05, 4.69) is 33.9 Å². The van der Waals surface area contributed by atoms with Crippen molar-refractivity contribution >= 4 is 32.7 Å². The maximum atomic E-state index is 12.7. The minimum Gasteiger partial charge on any atom is -0.352 e. The average Bonchev–Trinajstić information content (AvgIpc) is 3.13. The molecule has 3 aromatic rings. The first-order chi connectivity index (χ1) is 14.8. The van der Waals surface area contributed by atoms with Gasteiger partial charge in [0.15, 0.2) is 0 Å². The van der Waals surface area contributed by atoms with Crippen molar-refractivity contribution in [2.45, 2.75) is 44.4 Å². The van der Waals surface area contributed by atoms with Crippen molar-refractivity contribution < 1.29 is 13.2 Å². The van der Waals surface area contributed by atoms with Crippen molar-refractivity contribution in [1.29, 1.82) is 0 Å². The Morgan fingerprint density at radius 3 is 2.42 bits per heavy atom. The number of carbonyl (C=O) groups excluding carboxylic acids is 1. The maximum absolute atomic E-state index is 12.7. The van der Waals surface area contributed by atoms with Gasteiger partial charge in [0.1, 0.15) is 0 Å². The third-order valence-corrected chi connectivity index (χ3v) is 6.67. The minimum atomic E-state index is -3.85. The number of rotatable bonds is 10. The number of hydrogen-bond acceptors (Lipinski definition) is 4. The van der Waals surface area contributed by atoms with Gasteiger partial charge in [0.2, 0.25) is 0 Å². The molecule has 0 radical (unpaired) electrons. The Morgan fingerprint density at radius 1 is 1.03 bits per heavy atom. The van der Waals surface area contributed by atoms with Crippen LogP contribution >= 0.6 is 0 Å². The number of H-pyrrole nitrogens is 2. The van der Waals surface area contributed by atoms with Crippen LogP contribution in [0.5, 0.6) is 0 Å². The summed E-state index contributed by atoms with van der Waals surface area (Å²) in [5.41, 5.74) is 1.35. The van der Waals surface area contributed by atoms with E-state index in [-0.39, 0.29) is 10.8 Å². The van der Waals surface area contributed by atoms with Gasteiger partial charge in [0.25, 0.3) is 15.9 Å². The van der Waals surface area contributed by atoms with Crippen LogP contribution in [0.25, 0.3) is 11.0 Å². The number of fused-ring (bicyclic) bond motifs is 1. The number of hydrogen-bond donors (Lipinski definition) is 4. The molecular weight excluding hydrogens is 416 g/mol. The molecule has 9 heteroatoms. The summed E-state index contributed by atoms with van der Waals surface area (Å²) in [5.74, 6) is 0.286. The van der Waals surface area contributed by atoms with Crippen molar-refractivity contribution in [3.8, 4) is 0 Å². The van der Waals surface area contributed by atoms with Crippen molar-refractivity contribution in [1.82, 2.24) is 15.3 Å². The third kappa shape index (κ3) is 5.75. The van der Waals surface area contributed by atoms with Gasteiger partial charge in [-0.05, 0) is 54.8 Å². The molecule has 0 saturated carbocycles. The predicted molar refractivity (Wildman–Crippen MR) is 122 cm³/mol. The molecule has 1 atom stereocenters. The molecular formula is C22H28N4O4S. The van der Waals surface area contributed by atoms with Crippen LogP contribution in [0.3, 0.4) is 0 Å². The lowest BCUT2D eigenvalue weighted by molar-refractivity contribution is 0.0946. The summed E-state index contributed by atoms with van der Waals surface area (Å²) in [4.78, 5) is 28.9. The fourth-order valence-electron chi connectivity index (χ4n) is 3.36. The summed E-state index contributed by atoms with van der Waals surface area (Å²) in [5, 5.41) is 2.96. The molecule has 0 aliphatic heterocycles. The van der Waals surface area contributed by atoms with Crippen LogP contribution in [0.1, 0.15) is 49.9 Å². The maximum Gasteiger partial charge on any atom is 0.323 e. The molecule has 0 saturated heterocycles. The monoisotopic (exact) mass is 444 g/mol. The second-order valence-corrected chi connectivity index (χ2v) is 9.28. The fourth-order valence-corrected chi connectivity index (χ4v) is 4.45. The van der Waals surface area contributed by atoms with E-state index in [1.54, 1.807) is 24.3 Å². The lowest BCUT2D eigenvalue weighted by Crippen LogP contribution is -2.29. The molecule has 0 aliphatic carbocycles. The van der Waals surface area contributed by atoms with E-state index in [1.807, 2.05) is 0 Å². The van der Waals surface area contributed by atoms with Crippen LogP contribution in [0.15, 0.2) is 52.2 Å². The summed E-state index contributed by atoms with van der Waals surface area (Å²) in [6, 6.07) is 10.6. The predicted octanol–water partition coefficient (Wildman–Crippen LogP) is 3.60. The topological polar surface area (TPSA) is 124 Å². The van der Waals surface area contributed by atoms with Crippen LogP contribution in [-0.4, -0.2) is 30.8 Å². The number of aromatic amines is 2. The van der Waals surface area contributed by atoms with Gasteiger partial charge in [-0.15, -0.1) is 0 Å². The average molecular weight is 445 g/mol. The van der Waals surface area contributed by atoms with E-state index in [0.29, 0.717) is 34.7 Å². The van der Waals surface area contributed by atoms with Gasteiger partial charge >= 0.3 is 5.69 Å². The van der Waals surface area contributed by atoms with Crippen molar-refractivity contribution in [3.63, 3.8) is 0 Å². The minimum absolute atomic E-state index is 0.0229. The number of nitrogens with one attached hydrogen (secondary N) is 4. The number of imidazole rings is 1. The third-order valence-electron chi connectivity index (χ3n) is 5.29. The highest BCUT2D eigenvalue weighted by molar-refractivity contribution is 7.92. The summed E-state index contributed by atoms with van der Waals surface area (Å²) in [6.07, 6.45) is 4.40. The highest BCUT2D eigenvalue weighted by atomic mass is 32.2. The van der Waals surface area contributed by atoms with Gasteiger partial charge < -0.3 is 15.3 Å². The van der Waals surface area contributed by atoms with Gasteiger partial charge in [0, 0.05) is 17.8 Å². The van der Waals surface area contributed by atoms with E-state index in [1.165, 1.54) is 18.2 Å². The van der Waals surface area contributed by atoms with E-state index < -0.39 is 15.7 Å². The zero-order valence-corrected chi connectivity index (χ0v) is 18.5. The zero-order valence-electron chi connectivity index (χ0n) is 17.7. The Bertz CT molecular complexity index is 1200. The smallest absolute Gasteiger partial charge is 0.323 e. The number of benzene rings is 2. The standard InChI is InChI=1S/C22H28N4O4S/c1-3-5-6-15(4-2)14-23-21(27)16-7-9-17(10-8-16)26-31(29,30)18-11-12-19-20(13-18)25-22(28)24-19/h7-13,15,26H,3-6,14H2,1-2H3,(H,23,27)(H2,24,25,28). The van der Waals surface area contributed by atoms with Crippen LogP contribution in [0.2, 0.25) is 0 Å². The second-order valence-electron chi connectivity index (χ2n) is 7.60. The molecule has 1 amide bonds. The van der Waals surface area contributed by atoms with Gasteiger partial charge in [-0.1, -0.05) is 33.1 Å². The van der Waals surface area contributed by atoms with Crippen LogP contribution in [0.4, 0.5) is 5.69 Å². The Hall–Kier alpha value is -3.07. The highest BCUT2D eigenvalue weighted by Gasteiger charge is 2.16. The van der Waals surface area contributed by atoms with Crippen LogP contribution < -0.4 is 15.7 Å². The van der Waals surface area contributed by atoms with E-state index in [4.69, 9.17) is 0 Å².